The third-order valence-corrected chi connectivity index (χ3v) is 7.38. The van der Waals surface area contributed by atoms with Crippen molar-refractivity contribution in [2.24, 2.45) is 5.92 Å². The highest BCUT2D eigenvalue weighted by Crippen LogP contribution is 2.42. The molecule has 28 heavy (non-hydrogen) atoms. The largest absolute Gasteiger partial charge is 0.348 e. The lowest BCUT2D eigenvalue weighted by molar-refractivity contribution is -0.139. The van der Waals surface area contributed by atoms with Gasteiger partial charge in [0.05, 0.1) is 17.6 Å². The number of amides is 1. The van der Waals surface area contributed by atoms with Gasteiger partial charge < -0.3 is 9.88 Å². The van der Waals surface area contributed by atoms with Gasteiger partial charge in [-0.15, -0.1) is 0 Å². The van der Waals surface area contributed by atoms with Crippen LogP contribution in [0.1, 0.15) is 48.7 Å². The zero-order valence-corrected chi connectivity index (χ0v) is 16.8. The second-order valence-electron chi connectivity index (χ2n) is 8.62. The van der Waals surface area contributed by atoms with Crippen molar-refractivity contribution in [2.75, 3.05) is 26.2 Å². The summed E-state index contributed by atoms with van der Waals surface area (Å²) in [7, 11) is 0. The van der Waals surface area contributed by atoms with Crippen LogP contribution >= 0.6 is 0 Å². The highest BCUT2D eigenvalue weighted by molar-refractivity contribution is 5.79. The van der Waals surface area contributed by atoms with Crippen LogP contribution in [0.2, 0.25) is 0 Å². The van der Waals surface area contributed by atoms with Crippen molar-refractivity contribution in [2.45, 2.75) is 51.0 Å². The van der Waals surface area contributed by atoms with Crippen LogP contribution in [0.15, 0.2) is 30.6 Å². The normalized spacial score (nSPS) is 24.0. The highest BCUT2D eigenvalue weighted by Gasteiger charge is 2.47. The van der Waals surface area contributed by atoms with E-state index in [9.17, 15) is 4.79 Å². The molecule has 5 rings (SSSR count). The molecule has 3 heterocycles. The van der Waals surface area contributed by atoms with Crippen molar-refractivity contribution in [3.63, 3.8) is 0 Å². The van der Waals surface area contributed by atoms with E-state index in [1.54, 1.807) is 0 Å². The van der Waals surface area contributed by atoms with Gasteiger partial charge in [-0.1, -0.05) is 31.2 Å². The molecular weight excluding hydrogens is 348 g/mol. The van der Waals surface area contributed by atoms with E-state index in [2.05, 4.69) is 46.0 Å². The SMILES string of the molecule is CCN1CCc2[nH]cnc2C12CCN(C(=O)[C@H]1CCc3ccccc3C1)CC2. The Balaban J connectivity index is 1.31. The van der Waals surface area contributed by atoms with Crippen molar-refractivity contribution in [1.29, 1.82) is 0 Å². The van der Waals surface area contributed by atoms with Crippen molar-refractivity contribution in [3.8, 4) is 0 Å². The van der Waals surface area contributed by atoms with Gasteiger partial charge in [-0.2, -0.15) is 0 Å². The quantitative estimate of drug-likeness (QED) is 0.874. The first kappa shape index (κ1) is 17.9. The molecule has 2 aromatic rings. The summed E-state index contributed by atoms with van der Waals surface area (Å²) >= 11 is 0. The maximum absolute atomic E-state index is 13.3. The fourth-order valence-corrected chi connectivity index (χ4v) is 5.80. The molecular formula is C23H30N4O. The number of piperidine rings is 1. The Morgan fingerprint density at radius 3 is 2.75 bits per heavy atom. The topological polar surface area (TPSA) is 52.2 Å². The number of carbonyl (C=O) groups excluding carboxylic acids is 1. The fraction of sp³-hybridized carbons (Fsp3) is 0.565. The second-order valence-corrected chi connectivity index (χ2v) is 8.62. The first-order valence-corrected chi connectivity index (χ1v) is 10.8. The molecule has 1 fully saturated rings. The van der Waals surface area contributed by atoms with Gasteiger partial charge in [0.25, 0.3) is 0 Å². The van der Waals surface area contributed by atoms with E-state index in [1.165, 1.54) is 22.5 Å². The van der Waals surface area contributed by atoms with Crippen LogP contribution in [-0.2, 0) is 29.6 Å². The third kappa shape index (κ3) is 2.79. The first-order valence-electron chi connectivity index (χ1n) is 10.8. The van der Waals surface area contributed by atoms with E-state index < -0.39 is 0 Å². The number of rotatable bonds is 2. The van der Waals surface area contributed by atoms with Gasteiger partial charge in [0.15, 0.2) is 0 Å². The van der Waals surface area contributed by atoms with E-state index >= 15 is 0 Å². The van der Waals surface area contributed by atoms with Crippen LogP contribution in [0.3, 0.4) is 0 Å². The number of aromatic nitrogens is 2. The number of likely N-dealkylation sites (tertiary alicyclic amines) is 1. The molecule has 1 amide bonds. The third-order valence-electron chi connectivity index (χ3n) is 7.38. The molecule has 5 nitrogen and oxygen atoms in total. The lowest BCUT2D eigenvalue weighted by atomic mass is 9.78. The van der Waals surface area contributed by atoms with E-state index in [0.29, 0.717) is 5.91 Å². The number of nitrogens with zero attached hydrogens (tertiary/aromatic N) is 3. The summed E-state index contributed by atoms with van der Waals surface area (Å²) < 4.78 is 0. The molecule has 0 radical (unpaired) electrons. The second kappa shape index (κ2) is 7.03. The molecule has 3 aliphatic rings. The molecule has 5 heteroatoms. The zero-order chi connectivity index (χ0) is 19.1. The van der Waals surface area contributed by atoms with Crippen molar-refractivity contribution in [3.05, 3.63) is 53.1 Å². The molecule has 0 bridgehead atoms. The van der Waals surface area contributed by atoms with E-state index in [-0.39, 0.29) is 11.5 Å². The number of H-pyrrole nitrogens is 1. The standard InChI is InChI=1S/C23H30N4O/c1-2-27-12-9-20-21(25-16-24-20)23(27)10-13-26(14-11-23)22(28)19-8-7-17-5-3-4-6-18(17)15-19/h3-6,16,19H,2,7-15H2,1H3,(H,24,25)/t19-/m0/s1. The Bertz CT molecular complexity index is 865. The number of carbonyl (C=O) groups is 1. The number of benzene rings is 1. The number of aryl methyl sites for hydroxylation is 1. The number of hydrogen-bond donors (Lipinski definition) is 1. The number of imidazole rings is 1. The summed E-state index contributed by atoms with van der Waals surface area (Å²) in [5, 5.41) is 0. The number of aromatic amines is 1. The van der Waals surface area contributed by atoms with Gasteiger partial charge >= 0.3 is 0 Å². The van der Waals surface area contributed by atoms with Gasteiger partial charge in [0.1, 0.15) is 0 Å². The summed E-state index contributed by atoms with van der Waals surface area (Å²) in [6.45, 7) is 6.06. The van der Waals surface area contributed by atoms with Crippen molar-refractivity contribution in [1.82, 2.24) is 19.8 Å². The van der Waals surface area contributed by atoms with E-state index in [1.807, 2.05) is 6.33 Å². The fourth-order valence-electron chi connectivity index (χ4n) is 5.80. The lowest BCUT2D eigenvalue weighted by Gasteiger charge is -2.50. The lowest BCUT2D eigenvalue weighted by Crippen LogP contribution is -2.57. The number of likely N-dealkylation sites (N-methyl/N-ethyl adjacent to an activating group) is 1. The van der Waals surface area contributed by atoms with Crippen LogP contribution in [0.5, 0.6) is 0 Å². The molecule has 1 atom stereocenters. The summed E-state index contributed by atoms with van der Waals surface area (Å²) in [6.07, 6.45) is 7.81. The summed E-state index contributed by atoms with van der Waals surface area (Å²) in [4.78, 5) is 26.1. The van der Waals surface area contributed by atoms with Crippen LogP contribution in [0, 0.1) is 5.92 Å². The molecule has 1 aromatic heterocycles. The van der Waals surface area contributed by atoms with Gasteiger partial charge in [-0.25, -0.2) is 4.98 Å². The van der Waals surface area contributed by atoms with Gasteiger partial charge in [-0.05, 0) is 49.8 Å². The van der Waals surface area contributed by atoms with E-state index in [4.69, 9.17) is 4.98 Å². The molecule has 0 saturated carbocycles. The monoisotopic (exact) mass is 378 g/mol. The molecule has 1 aromatic carbocycles. The van der Waals surface area contributed by atoms with E-state index in [0.717, 1.165) is 64.7 Å². The van der Waals surface area contributed by atoms with Crippen LogP contribution in [0.25, 0.3) is 0 Å². The molecule has 2 aliphatic heterocycles. The Morgan fingerprint density at radius 1 is 1.18 bits per heavy atom. The Morgan fingerprint density at radius 2 is 1.96 bits per heavy atom. The first-order chi connectivity index (χ1) is 13.7. The van der Waals surface area contributed by atoms with Crippen molar-refractivity contribution < 1.29 is 4.79 Å². The van der Waals surface area contributed by atoms with Crippen LogP contribution < -0.4 is 0 Å². The minimum atomic E-state index is 0.0122. The summed E-state index contributed by atoms with van der Waals surface area (Å²) in [5.74, 6) is 0.518. The predicted octanol–water partition coefficient (Wildman–Crippen LogP) is 2.91. The Hall–Kier alpha value is -2.14. The number of hydrogen-bond acceptors (Lipinski definition) is 3. The predicted molar refractivity (Wildman–Crippen MR) is 109 cm³/mol. The molecule has 0 unspecified atom stereocenters. The van der Waals surface area contributed by atoms with Crippen LogP contribution in [-0.4, -0.2) is 51.9 Å². The van der Waals surface area contributed by atoms with Gasteiger partial charge in [0.2, 0.25) is 5.91 Å². The van der Waals surface area contributed by atoms with Crippen molar-refractivity contribution >= 4 is 5.91 Å². The smallest absolute Gasteiger partial charge is 0.226 e. The molecule has 1 aliphatic carbocycles. The Kier molecular flexibility index (Phi) is 4.50. The average Bonchev–Trinajstić information content (AvgIpc) is 3.24. The van der Waals surface area contributed by atoms with Gasteiger partial charge in [0, 0.05) is 37.7 Å². The van der Waals surface area contributed by atoms with Crippen LogP contribution in [0.4, 0.5) is 0 Å². The zero-order valence-electron chi connectivity index (χ0n) is 16.8. The number of nitrogens with one attached hydrogen (secondary N) is 1. The molecule has 148 valence electrons. The summed E-state index contributed by atoms with van der Waals surface area (Å²) in [5.41, 5.74) is 5.34. The minimum Gasteiger partial charge on any atom is -0.348 e. The number of fused-ring (bicyclic) bond motifs is 3. The maximum Gasteiger partial charge on any atom is 0.226 e. The highest BCUT2D eigenvalue weighted by atomic mass is 16.2. The average molecular weight is 379 g/mol. The summed E-state index contributed by atoms with van der Waals surface area (Å²) in [6, 6.07) is 8.61. The Labute approximate surface area is 167 Å². The maximum atomic E-state index is 13.3. The molecule has 1 N–H and O–H groups in total. The minimum absolute atomic E-state index is 0.0122. The molecule has 1 saturated heterocycles. The van der Waals surface area contributed by atoms with Gasteiger partial charge in [-0.3, -0.25) is 9.69 Å². The molecule has 1 spiro atoms.